The van der Waals surface area contributed by atoms with Crippen LogP contribution >= 0.6 is 0 Å². The van der Waals surface area contributed by atoms with Crippen molar-refractivity contribution in [3.05, 3.63) is 35.4 Å². The highest BCUT2D eigenvalue weighted by Crippen LogP contribution is 2.43. The van der Waals surface area contributed by atoms with E-state index in [1.165, 1.54) is 0 Å². The molecule has 0 aromatic heterocycles. The lowest BCUT2D eigenvalue weighted by Gasteiger charge is -2.46. The number of rotatable bonds is 2. The molecule has 152 valence electrons. The number of amides is 2. The minimum atomic E-state index is -4.33. The second-order valence-electron chi connectivity index (χ2n) is 8.31. The fourth-order valence-corrected chi connectivity index (χ4v) is 4.75. The van der Waals surface area contributed by atoms with Gasteiger partial charge in [-0.1, -0.05) is 12.1 Å². The number of ether oxygens (including phenoxy) is 1. The van der Waals surface area contributed by atoms with E-state index in [0.29, 0.717) is 26.0 Å². The summed E-state index contributed by atoms with van der Waals surface area (Å²) in [5, 5.41) is 2.80. The Hall–Kier alpha value is -2.25. The smallest absolute Gasteiger partial charge is 0.416 e. The van der Waals surface area contributed by atoms with Crippen molar-refractivity contribution >= 4 is 12.0 Å². The first-order chi connectivity index (χ1) is 13.2. The molecule has 3 aliphatic rings. The molecule has 2 heterocycles. The Morgan fingerprint density at radius 3 is 2.46 bits per heavy atom. The van der Waals surface area contributed by atoms with Gasteiger partial charge in [0.05, 0.1) is 11.1 Å². The van der Waals surface area contributed by atoms with Crippen LogP contribution in [0.5, 0.6) is 0 Å². The monoisotopic (exact) mass is 396 g/mol. The molecule has 3 fully saturated rings. The number of carbonyl (C=O) groups excluding carboxylic acids is 2. The first kappa shape index (κ1) is 19.1. The second-order valence-corrected chi connectivity index (χ2v) is 8.31. The zero-order chi connectivity index (χ0) is 20.1. The van der Waals surface area contributed by atoms with Gasteiger partial charge in [-0.05, 0) is 56.2 Å². The molecule has 2 aliphatic heterocycles. The van der Waals surface area contributed by atoms with Gasteiger partial charge in [0.2, 0.25) is 5.91 Å². The molecule has 0 unspecified atom stereocenters. The number of benzene rings is 1. The third kappa shape index (κ3) is 3.44. The van der Waals surface area contributed by atoms with Gasteiger partial charge in [-0.25, -0.2) is 4.79 Å². The number of alkyl carbamates (subject to hydrolysis) is 1. The molecule has 1 aliphatic carbocycles. The Kier molecular flexibility index (Phi) is 4.55. The van der Waals surface area contributed by atoms with E-state index in [-0.39, 0.29) is 29.3 Å². The van der Waals surface area contributed by atoms with Crippen LogP contribution in [0.2, 0.25) is 0 Å². The average molecular weight is 396 g/mol. The number of nitrogens with one attached hydrogen (secondary N) is 1. The standard InChI is InChI=1S/C20H23F3N2O3/c1-12-8-14(13-2-4-16(5-3-13)20(21,22)23)6-7-25(12)17(26)15-9-19(10-15)11-28-18(27)24-19/h2-5,12,14-15H,6-11H2,1H3,(H,24,27)/t12-,14+,15-,19+/m0/s1. The van der Waals surface area contributed by atoms with E-state index in [0.717, 1.165) is 30.5 Å². The summed E-state index contributed by atoms with van der Waals surface area (Å²) in [6.07, 6.45) is -2.08. The van der Waals surface area contributed by atoms with Gasteiger partial charge >= 0.3 is 12.3 Å². The zero-order valence-corrected chi connectivity index (χ0v) is 15.6. The van der Waals surface area contributed by atoms with Crippen molar-refractivity contribution < 1.29 is 27.5 Å². The van der Waals surface area contributed by atoms with Crippen molar-refractivity contribution in [3.63, 3.8) is 0 Å². The van der Waals surface area contributed by atoms with Crippen LogP contribution in [0.4, 0.5) is 18.0 Å². The number of hydrogen-bond acceptors (Lipinski definition) is 3. The number of hydrogen-bond donors (Lipinski definition) is 1. The third-order valence-corrected chi connectivity index (χ3v) is 6.34. The molecule has 8 heteroatoms. The second kappa shape index (κ2) is 6.67. The SMILES string of the molecule is C[C@H]1C[C@H](c2ccc(C(F)(F)F)cc2)CCN1C(=O)[C@H]1C[C@]2(COC(=O)N2)C1. The van der Waals surface area contributed by atoms with Crippen LogP contribution < -0.4 is 5.32 Å². The molecule has 0 bridgehead atoms. The molecule has 1 aromatic rings. The summed E-state index contributed by atoms with van der Waals surface area (Å²) in [4.78, 5) is 26.0. The summed E-state index contributed by atoms with van der Waals surface area (Å²) in [6.45, 7) is 2.91. The highest BCUT2D eigenvalue weighted by atomic mass is 19.4. The summed E-state index contributed by atoms with van der Waals surface area (Å²) in [7, 11) is 0. The van der Waals surface area contributed by atoms with E-state index < -0.39 is 17.8 Å². The van der Waals surface area contributed by atoms with Gasteiger partial charge in [0.25, 0.3) is 0 Å². The summed E-state index contributed by atoms with van der Waals surface area (Å²) in [5.41, 5.74) is -0.127. The predicted octanol–water partition coefficient (Wildman–Crippen LogP) is 3.69. The number of nitrogens with zero attached hydrogens (tertiary/aromatic N) is 1. The average Bonchev–Trinajstić information content (AvgIpc) is 3.01. The van der Waals surface area contributed by atoms with Gasteiger partial charge < -0.3 is 15.0 Å². The maximum absolute atomic E-state index is 12.9. The van der Waals surface area contributed by atoms with Crippen LogP contribution in [-0.2, 0) is 15.7 Å². The first-order valence-corrected chi connectivity index (χ1v) is 9.59. The molecule has 0 radical (unpaired) electrons. The number of carbonyl (C=O) groups is 2. The Balaban J connectivity index is 1.34. The van der Waals surface area contributed by atoms with Crippen molar-refractivity contribution in [2.24, 2.45) is 5.92 Å². The maximum atomic E-state index is 12.9. The van der Waals surface area contributed by atoms with E-state index >= 15 is 0 Å². The summed E-state index contributed by atoms with van der Waals surface area (Å²) in [5.74, 6) is 0.147. The quantitative estimate of drug-likeness (QED) is 0.830. The van der Waals surface area contributed by atoms with E-state index in [1.807, 2.05) is 11.8 Å². The molecule has 2 atom stereocenters. The highest BCUT2D eigenvalue weighted by molar-refractivity contribution is 5.82. The van der Waals surface area contributed by atoms with Gasteiger partial charge in [-0.3, -0.25) is 4.79 Å². The number of halogens is 3. The van der Waals surface area contributed by atoms with E-state index in [2.05, 4.69) is 5.32 Å². The van der Waals surface area contributed by atoms with E-state index in [9.17, 15) is 22.8 Å². The number of cyclic esters (lactones) is 1. The molecule has 1 N–H and O–H groups in total. The molecular weight excluding hydrogens is 373 g/mol. The van der Waals surface area contributed by atoms with Gasteiger partial charge in [-0.2, -0.15) is 13.2 Å². The van der Waals surface area contributed by atoms with Crippen molar-refractivity contribution in [1.82, 2.24) is 10.2 Å². The van der Waals surface area contributed by atoms with Gasteiger partial charge in [-0.15, -0.1) is 0 Å². The topological polar surface area (TPSA) is 58.6 Å². The zero-order valence-electron chi connectivity index (χ0n) is 15.6. The minimum Gasteiger partial charge on any atom is -0.447 e. The molecule has 4 rings (SSSR count). The van der Waals surface area contributed by atoms with Crippen LogP contribution in [-0.4, -0.2) is 41.6 Å². The van der Waals surface area contributed by atoms with E-state index in [4.69, 9.17) is 4.74 Å². The van der Waals surface area contributed by atoms with Crippen molar-refractivity contribution in [2.45, 2.75) is 56.3 Å². The number of likely N-dealkylation sites (tertiary alicyclic amines) is 1. The van der Waals surface area contributed by atoms with E-state index in [1.54, 1.807) is 12.1 Å². The van der Waals surface area contributed by atoms with Gasteiger partial charge in [0, 0.05) is 18.5 Å². The fourth-order valence-electron chi connectivity index (χ4n) is 4.75. The molecule has 1 saturated carbocycles. The molecular formula is C20H23F3N2O3. The molecule has 2 saturated heterocycles. The molecule has 1 spiro atoms. The Labute approximate surface area is 161 Å². The molecule has 1 aromatic carbocycles. The maximum Gasteiger partial charge on any atom is 0.416 e. The summed E-state index contributed by atoms with van der Waals surface area (Å²) >= 11 is 0. The lowest BCUT2D eigenvalue weighted by molar-refractivity contribution is -0.144. The predicted molar refractivity (Wildman–Crippen MR) is 94.5 cm³/mol. The third-order valence-electron chi connectivity index (χ3n) is 6.34. The lowest BCUT2D eigenvalue weighted by atomic mass is 9.68. The van der Waals surface area contributed by atoms with Crippen molar-refractivity contribution in [3.8, 4) is 0 Å². The molecule has 2 amide bonds. The Morgan fingerprint density at radius 1 is 1.25 bits per heavy atom. The van der Waals surface area contributed by atoms with Gasteiger partial charge in [0.15, 0.2) is 0 Å². The highest BCUT2D eigenvalue weighted by Gasteiger charge is 2.53. The Morgan fingerprint density at radius 2 is 1.93 bits per heavy atom. The minimum absolute atomic E-state index is 0.0273. The van der Waals surface area contributed by atoms with Crippen LogP contribution in [0.1, 0.15) is 49.7 Å². The lowest BCUT2D eigenvalue weighted by Crippen LogP contribution is -2.59. The van der Waals surface area contributed by atoms with Crippen molar-refractivity contribution in [2.75, 3.05) is 13.2 Å². The molecule has 28 heavy (non-hydrogen) atoms. The van der Waals surface area contributed by atoms with Crippen LogP contribution in [0, 0.1) is 5.92 Å². The number of alkyl halides is 3. The summed E-state index contributed by atoms with van der Waals surface area (Å²) < 4.78 is 43.2. The normalized spacial score (nSPS) is 32.6. The van der Waals surface area contributed by atoms with Gasteiger partial charge in [0.1, 0.15) is 6.61 Å². The first-order valence-electron chi connectivity index (χ1n) is 9.59. The van der Waals surface area contributed by atoms with Crippen LogP contribution in [0.15, 0.2) is 24.3 Å². The summed E-state index contributed by atoms with van der Waals surface area (Å²) in [6, 6.07) is 5.39. The van der Waals surface area contributed by atoms with Crippen molar-refractivity contribution in [1.29, 1.82) is 0 Å². The fraction of sp³-hybridized carbons (Fsp3) is 0.600. The largest absolute Gasteiger partial charge is 0.447 e. The Bertz CT molecular complexity index is 772. The van der Waals surface area contributed by atoms with Crippen LogP contribution in [0.3, 0.4) is 0 Å². The number of piperidine rings is 1. The molecule has 5 nitrogen and oxygen atoms in total. The van der Waals surface area contributed by atoms with Crippen LogP contribution in [0.25, 0.3) is 0 Å².